The van der Waals surface area contributed by atoms with E-state index in [1.165, 1.54) is 0 Å². The number of hydrogen-bond donors (Lipinski definition) is 0. The summed E-state index contributed by atoms with van der Waals surface area (Å²) in [5, 5.41) is 0. The van der Waals surface area contributed by atoms with Crippen molar-refractivity contribution in [2.24, 2.45) is 5.41 Å². The smallest absolute Gasteiger partial charge is 0.231 e. The van der Waals surface area contributed by atoms with Crippen LogP contribution in [0.5, 0.6) is 0 Å². The maximum atomic E-state index is 12.6. The Morgan fingerprint density at radius 1 is 1.35 bits per heavy atom. The van der Waals surface area contributed by atoms with Crippen LogP contribution >= 0.6 is 23.2 Å². The monoisotopic (exact) mass is 313 g/mol. The van der Waals surface area contributed by atoms with E-state index >= 15 is 0 Å². The molecule has 3 nitrogen and oxygen atoms in total. The van der Waals surface area contributed by atoms with Gasteiger partial charge in [-0.2, -0.15) is 0 Å². The van der Waals surface area contributed by atoms with Gasteiger partial charge in [-0.15, -0.1) is 23.2 Å². The number of morpholine rings is 1. The van der Waals surface area contributed by atoms with Gasteiger partial charge in [-0.3, -0.25) is 4.79 Å². The van der Waals surface area contributed by atoms with E-state index in [0.29, 0.717) is 26.1 Å². The summed E-state index contributed by atoms with van der Waals surface area (Å²) < 4.78 is 4.86. The van der Waals surface area contributed by atoms with Gasteiger partial charge in [-0.1, -0.05) is 30.3 Å². The predicted molar refractivity (Wildman–Crippen MR) is 78.9 cm³/mol. The molecule has 2 atom stereocenters. The molecule has 1 aliphatic heterocycles. The molecule has 0 bridgehead atoms. The van der Waals surface area contributed by atoms with Gasteiger partial charge in [0.15, 0.2) is 0 Å². The van der Waals surface area contributed by atoms with Crippen LogP contribution in [0.3, 0.4) is 0 Å². The minimum absolute atomic E-state index is 0.0340. The molecular formula is C15H17Cl2NO2. The first kappa shape index (κ1) is 14.2. The van der Waals surface area contributed by atoms with Crippen LogP contribution in [0.1, 0.15) is 25.0 Å². The SMILES string of the molecule is C[C@@]1(C(=O)N2CCO[C@@H](c3ccccc3)C2)CC1(Cl)Cl. The Morgan fingerprint density at radius 3 is 2.60 bits per heavy atom. The van der Waals surface area contributed by atoms with Crippen LogP contribution in [0, 0.1) is 5.41 Å². The summed E-state index contributed by atoms with van der Waals surface area (Å²) in [6, 6.07) is 9.96. The summed E-state index contributed by atoms with van der Waals surface area (Å²) in [6.45, 7) is 3.53. The summed E-state index contributed by atoms with van der Waals surface area (Å²) in [5.74, 6) is 0.0340. The fourth-order valence-corrected chi connectivity index (χ4v) is 3.38. The van der Waals surface area contributed by atoms with Crippen LogP contribution < -0.4 is 0 Å². The lowest BCUT2D eigenvalue weighted by Gasteiger charge is -2.35. The van der Waals surface area contributed by atoms with E-state index < -0.39 is 9.75 Å². The van der Waals surface area contributed by atoms with E-state index in [9.17, 15) is 4.79 Å². The Morgan fingerprint density at radius 2 is 2.00 bits per heavy atom. The second-order valence-corrected chi connectivity index (χ2v) is 7.22. The lowest BCUT2D eigenvalue weighted by molar-refractivity contribution is -0.144. The first-order valence-corrected chi connectivity index (χ1v) is 7.53. The molecule has 3 rings (SSSR count). The number of carbonyl (C=O) groups excluding carboxylic acids is 1. The number of hydrogen-bond acceptors (Lipinski definition) is 2. The summed E-state index contributed by atoms with van der Waals surface area (Å²) in [7, 11) is 0. The third kappa shape index (κ3) is 2.32. The standard InChI is InChI=1S/C15H17Cl2NO2/c1-14(10-15(14,16)17)13(19)18-7-8-20-12(9-18)11-5-3-2-4-6-11/h2-6,12H,7-10H2,1H3/t12-,14+/m1/s1. The number of nitrogens with zero attached hydrogens (tertiary/aromatic N) is 1. The average molecular weight is 314 g/mol. The molecule has 0 aromatic heterocycles. The minimum Gasteiger partial charge on any atom is -0.370 e. The number of halogens is 2. The average Bonchev–Trinajstić information content (AvgIpc) is 2.99. The van der Waals surface area contributed by atoms with Gasteiger partial charge in [-0.05, 0) is 18.9 Å². The van der Waals surface area contributed by atoms with Crippen LogP contribution in [0.25, 0.3) is 0 Å². The normalized spacial score (nSPS) is 31.9. The number of ether oxygens (including phenoxy) is 1. The quantitative estimate of drug-likeness (QED) is 0.785. The molecular weight excluding hydrogens is 297 g/mol. The van der Waals surface area contributed by atoms with E-state index in [2.05, 4.69) is 0 Å². The molecule has 2 fully saturated rings. The van der Waals surface area contributed by atoms with Crippen LogP contribution in [-0.2, 0) is 9.53 Å². The molecule has 1 heterocycles. The topological polar surface area (TPSA) is 29.5 Å². The van der Waals surface area contributed by atoms with Gasteiger partial charge >= 0.3 is 0 Å². The molecule has 1 aliphatic carbocycles. The van der Waals surface area contributed by atoms with Crippen molar-refractivity contribution in [2.45, 2.75) is 23.8 Å². The molecule has 1 amide bonds. The zero-order valence-corrected chi connectivity index (χ0v) is 12.8. The van der Waals surface area contributed by atoms with E-state index in [-0.39, 0.29) is 12.0 Å². The molecule has 0 radical (unpaired) electrons. The first-order valence-electron chi connectivity index (χ1n) is 6.78. The summed E-state index contributed by atoms with van der Waals surface area (Å²) in [5.41, 5.74) is 0.447. The molecule has 108 valence electrons. The zero-order valence-electron chi connectivity index (χ0n) is 11.3. The summed E-state index contributed by atoms with van der Waals surface area (Å²) in [6.07, 6.45) is 0.450. The maximum Gasteiger partial charge on any atom is 0.231 e. The van der Waals surface area contributed by atoms with Gasteiger partial charge in [0, 0.05) is 6.54 Å². The largest absolute Gasteiger partial charge is 0.370 e. The highest BCUT2D eigenvalue weighted by Gasteiger charge is 2.68. The molecule has 1 saturated carbocycles. The first-order chi connectivity index (χ1) is 9.44. The van der Waals surface area contributed by atoms with Crippen LogP contribution in [0.2, 0.25) is 0 Å². The van der Waals surface area contributed by atoms with Gasteiger partial charge in [0.25, 0.3) is 0 Å². The third-order valence-corrected chi connectivity index (χ3v) is 5.36. The van der Waals surface area contributed by atoms with Crippen molar-refractivity contribution in [1.82, 2.24) is 4.90 Å². The molecule has 0 N–H and O–H groups in total. The third-order valence-electron chi connectivity index (χ3n) is 4.25. The van der Waals surface area contributed by atoms with E-state index in [4.69, 9.17) is 27.9 Å². The fraction of sp³-hybridized carbons (Fsp3) is 0.533. The minimum atomic E-state index is -0.912. The Bertz CT molecular complexity index is 520. The van der Waals surface area contributed by atoms with Gasteiger partial charge in [0.1, 0.15) is 10.4 Å². The van der Waals surface area contributed by atoms with E-state index in [0.717, 1.165) is 5.56 Å². The van der Waals surface area contributed by atoms with Crippen molar-refractivity contribution in [1.29, 1.82) is 0 Å². The van der Waals surface area contributed by atoms with Crippen LogP contribution in [0.4, 0.5) is 0 Å². The molecule has 1 aromatic rings. The van der Waals surface area contributed by atoms with E-state index in [1.807, 2.05) is 42.2 Å². The molecule has 2 aliphatic rings. The van der Waals surface area contributed by atoms with E-state index in [1.54, 1.807) is 0 Å². The highest BCUT2D eigenvalue weighted by molar-refractivity contribution is 6.53. The Labute approximate surface area is 128 Å². The number of carbonyl (C=O) groups is 1. The second kappa shape index (κ2) is 4.90. The Hall–Kier alpha value is -0.770. The highest BCUT2D eigenvalue weighted by Crippen LogP contribution is 2.64. The fourth-order valence-electron chi connectivity index (χ4n) is 2.68. The molecule has 0 spiro atoms. The molecule has 1 saturated heterocycles. The van der Waals surface area contributed by atoms with Crippen molar-refractivity contribution in [3.8, 4) is 0 Å². The van der Waals surface area contributed by atoms with Crippen molar-refractivity contribution in [2.75, 3.05) is 19.7 Å². The maximum absolute atomic E-state index is 12.6. The highest BCUT2D eigenvalue weighted by atomic mass is 35.5. The molecule has 5 heteroatoms. The number of amides is 1. The van der Waals surface area contributed by atoms with Gasteiger partial charge in [0.05, 0.1) is 18.6 Å². The number of rotatable bonds is 2. The zero-order chi connectivity index (χ0) is 14.4. The van der Waals surface area contributed by atoms with Gasteiger partial charge in [-0.25, -0.2) is 0 Å². The number of alkyl halides is 2. The molecule has 0 unspecified atom stereocenters. The second-order valence-electron chi connectivity index (χ2n) is 5.73. The predicted octanol–water partition coefficient (Wildman–Crippen LogP) is 3.17. The van der Waals surface area contributed by atoms with Crippen molar-refractivity contribution < 1.29 is 9.53 Å². The van der Waals surface area contributed by atoms with Crippen molar-refractivity contribution in [3.05, 3.63) is 35.9 Å². The van der Waals surface area contributed by atoms with Gasteiger partial charge < -0.3 is 9.64 Å². The molecule has 20 heavy (non-hydrogen) atoms. The van der Waals surface area contributed by atoms with Crippen LogP contribution in [0.15, 0.2) is 30.3 Å². The van der Waals surface area contributed by atoms with Crippen molar-refractivity contribution >= 4 is 29.1 Å². The summed E-state index contributed by atoms with van der Waals surface area (Å²) >= 11 is 12.2. The Balaban J connectivity index is 1.72. The number of benzene rings is 1. The lowest BCUT2D eigenvalue weighted by Crippen LogP contribution is -2.46. The molecule has 1 aromatic carbocycles. The summed E-state index contributed by atoms with van der Waals surface area (Å²) in [4.78, 5) is 14.4. The van der Waals surface area contributed by atoms with Crippen LogP contribution in [-0.4, -0.2) is 34.8 Å². The lowest BCUT2D eigenvalue weighted by atomic mass is 10.0. The van der Waals surface area contributed by atoms with Crippen molar-refractivity contribution in [3.63, 3.8) is 0 Å². The van der Waals surface area contributed by atoms with Gasteiger partial charge in [0.2, 0.25) is 5.91 Å². The Kier molecular flexibility index (Phi) is 3.47.